The first-order valence-electron chi connectivity index (χ1n) is 8.05. The highest BCUT2D eigenvalue weighted by molar-refractivity contribution is 5.92. The number of anilines is 2. The first-order chi connectivity index (χ1) is 11.2. The molecule has 122 valence electrons. The van der Waals surface area contributed by atoms with Crippen LogP contribution in [0.5, 0.6) is 5.75 Å². The van der Waals surface area contributed by atoms with Crippen LogP contribution in [0.15, 0.2) is 48.5 Å². The van der Waals surface area contributed by atoms with Crippen LogP contribution in [-0.4, -0.2) is 12.5 Å². The van der Waals surface area contributed by atoms with Gasteiger partial charge in [0.1, 0.15) is 5.75 Å². The smallest absolute Gasteiger partial charge is 0.224 e. The summed E-state index contributed by atoms with van der Waals surface area (Å²) in [7, 11) is 0. The fourth-order valence-corrected chi connectivity index (χ4v) is 2.18. The summed E-state index contributed by atoms with van der Waals surface area (Å²) in [4.78, 5) is 12.1. The average molecular weight is 312 g/mol. The molecule has 3 N–H and O–H groups in total. The van der Waals surface area contributed by atoms with Crippen LogP contribution in [0.25, 0.3) is 0 Å². The standard InChI is InChI=1S/C19H24N2O2/c1-2-3-14-23-18-7-5-4-6-17(18)21-19(22)13-10-15-8-11-16(20)12-9-15/h4-9,11-12H,2-3,10,13-14,20H2,1H3,(H,21,22). The minimum absolute atomic E-state index is 0.0200. The summed E-state index contributed by atoms with van der Waals surface area (Å²) in [6.45, 7) is 2.78. The lowest BCUT2D eigenvalue weighted by Gasteiger charge is -2.12. The molecule has 0 aliphatic carbocycles. The van der Waals surface area contributed by atoms with Crippen molar-refractivity contribution < 1.29 is 9.53 Å². The van der Waals surface area contributed by atoms with E-state index in [1.807, 2.05) is 48.5 Å². The van der Waals surface area contributed by atoms with E-state index in [0.29, 0.717) is 19.4 Å². The number of rotatable bonds is 8. The topological polar surface area (TPSA) is 64.3 Å². The molecule has 0 aromatic heterocycles. The Balaban J connectivity index is 1.88. The van der Waals surface area contributed by atoms with E-state index in [9.17, 15) is 4.79 Å². The van der Waals surface area contributed by atoms with Gasteiger partial charge in [-0.25, -0.2) is 0 Å². The van der Waals surface area contributed by atoms with Gasteiger partial charge in [0.2, 0.25) is 5.91 Å². The van der Waals surface area contributed by atoms with Crippen molar-refractivity contribution in [3.8, 4) is 5.75 Å². The van der Waals surface area contributed by atoms with E-state index >= 15 is 0 Å². The third-order valence-electron chi connectivity index (χ3n) is 3.54. The number of unbranched alkanes of at least 4 members (excludes halogenated alkanes) is 1. The molecule has 0 aliphatic rings. The normalized spacial score (nSPS) is 10.3. The molecule has 0 aliphatic heterocycles. The summed E-state index contributed by atoms with van der Waals surface area (Å²) in [5.74, 6) is 0.704. The minimum atomic E-state index is -0.0200. The van der Waals surface area contributed by atoms with Crippen molar-refractivity contribution in [3.05, 3.63) is 54.1 Å². The number of para-hydroxylation sites is 2. The predicted octanol–water partition coefficient (Wildman–Crippen LogP) is 4.02. The number of hydrogen-bond donors (Lipinski definition) is 2. The maximum absolute atomic E-state index is 12.1. The number of amides is 1. The van der Waals surface area contributed by atoms with Gasteiger partial charge in [-0.3, -0.25) is 4.79 Å². The van der Waals surface area contributed by atoms with Crippen LogP contribution in [0.2, 0.25) is 0 Å². The Hall–Kier alpha value is -2.49. The molecular weight excluding hydrogens is 288 g/mol. The molecule has 1 amide bonds. The number of aryl methyl sites for hydroxylation is 1. The zero-order chi connectivity index (χ0) is 16.5. The summed E-state index contributed by atoms with van der Waals surface area (Å²) in [6, 6.07) is 15.1. The average Bonchev–Trinajstić information content (AvgIpc) is 2.56. The summed E-state index contributed by atoms with van der Waals surface area (Å²) in [5, 5.41) is 2.93. The van der Waals surface area contributed by atoms with Crippen LogP contribution in [0.4, 0.5) is 11.4 Å². The maximum atomic E-state index is 12.1. The molecule has 2 rings (SSSR count). The van der Waals surface area contributed by atoms with Gasteiger partial charge >= 0.3 is 0 Å². The Morgan fingerprint density at radius 1 is 1.13 bits per heavy atom. The Morgan fingerprint density at radius 2 is 1.87 bits per heavy atom. The Kier molecular flexibility index (Phi) is 6.48. The van der Waals surface area contributed by atoms with Gasteiger partial charge in [-0.2, -0.15) is 0 Å². The minimum Gasteiger partial charge on any atom is -0.491 e. The van der Waals surface area contributed by atoms with E-state index in [0.717, 1.165) is 35.5 Å². The van der Waals surface area contributed by atoms with Crippen LogP contribution >= 0.6 is 0 Å². The van der Waals surface area contributed by atoms with Crippen LogP contribution in [0, 0.1) is 0 Å². The third kappa shape index (κ3) is 5.66. The second-order valence-corrected chi connectivity index (χ2v) is 5.49. The second kappa shape index (κ2) is 8.83. The van der Waals surface area contributed by atoms with Gasteiger partial charge in [-0.15, -0.1) is 0 Å². The number of hydrogen-bond acceptors (Lipinski definition) is 3. The fraction of sp³-hybridized carbons (Fsp3) is 0.316. The fourth-order valence-electron chi connectivity index (χ4n) is 2.18. The number of nitrogens with one attached hydrogen (secondary N) is 1. The zero-order valence-electron chi connectivity index (χ0n) is 13.5. The molecule has 0 radical (unpaired) electrons. The molecule has 0 fully saturated rings. The predicted molar refractivity (Wildman–Crippen MR) is 94.7 cm³/mol. The summed E-state index contributed by atoms with van der Waals surface area (Å²) < 4.78 is 5.73. The number of nitrogen functional groups attached to an aromatic ring is 1. The van der Waals surface area contributed by atoms with Gasteiger partial charge in [0.15, 0.2) is 0 Å². The Morgan fingerprint density at radius 3 is 2.61 bits per heavy atom. The summed E-state index contributed by atoms with van der Waals surface area (Å²) in [5.41, 5.74) is 8.22. The van der Waals surface area contributed by atoms with E-state index in [4.69, 9.17) is 10.5 Å². The molecule has 4 nitrogen and oxygen atoms in total. The highest BCUT2D eigenvalue weighted by Crippen LogP contribution is 2.24. The van der Waals surface area contributed by atoms with Crippen molar-refractivity contribution in [2.24, 2.45) is 0 Å². The molecule has 23 heavy (non-hydrogen) atoms. The molecular formula is C19H24N2O2. The quantitative estimate of drug-likeness (QED) is 0.571. The molecule has 0 bridgehead atoms. The summed E-state index contributed by atoms with van der Waals surface area (Å²) in [6.07, 6.45) is 3.19. The Bertz CT molecular complexity index is 624. The van der Waals surface area contributed by atoms with Crippen LogP contribution in [0.1, 0.15) is 31.7 Å². The number of nitrogens with two attached hydrogens (primary N) is 1. The number of benzene rings is 2. The van der Waals surface area contributed by atoms with Crippen LogP contribution < -0.4 is 15.8 Å². The van der Waals surface area contributed by atoms with Gasteiger partial charge in [0, 0.05) is 12.1 Å². The molecule has 2 aromatic rings. The largest absolute Gasteiger partial charge is 0.491 e. The third-order valence-corrected chi connectivity index (χ3v) is 3.54. The van der Waals surface area contributed by atoms with Crippen molar-refractivity contribution in [2.75, 3.05) is 17.7 Å². The molecule has 0 spiro atoms. The maximum Gasteiger partial charge on any atom is 0.224 e. The molecule has 0 heterocycles. The lowest BCUT2D eigenvalue weighted by molar-refractivity contribution is -0.116. The first-order valence-corrected chi connectivity index (χ1v) is 8.05. The Labute approximate surface area is 137 Å². The number of carbonyl (C=O) groups excluding carboxylic acids is 1. The number of carbonyl (C=O) groups is 1. The molecule has 0 saturated heterocycles. The molecule has 0 atom stereocenters. The van der Waals surface area contributed by atoms with E-state index < -0.39 is 0 Å². The van der Waals surface area contributed by atoms with Crippen LogP contribution in [-0.2, 0) is 11.2 Å². The molecule has 0 unspecified atom stereocenters. The zero-order valence-corrected chi connectivity index (χ0v) is 13.5. The van der Waals surface area contributed by atoms with Gasteiger partial charge < -0.3 is 15.8 Å². The van der Waals surface area contributed by atoms with E-state index in [1.165, 1.54) is 0 Å². The van der Waals surface area contributed by atoms with Crippen molar-refractivity contribution >= 4 is 17.3 Å². The van der Waals surface area contributed by atoms with E-state index in [2.05, 4.69) is 12.2 Å². The van der Waals surface area contributed by atoms with Gasteiger partial charge in [0.25, 0.3) is 0 Å². The monoisotopic (exact) mass is 312 g/mol. The summed E-state index contributed by atoms with van der Waals surface area (Å²) >= 11 is 0. The van der Waals surface area contributed by atoms with Crippen molar-refractivity contribution in [3.63, 3.8) is 0 Å². The van der Waals surface area contributed by atoms with Crippen LogP contribution in [0.3, 0.4) is 0 Å². The van der Waals surface area contributed by atoms with Crippen molar-refractivity contribution in [2.45, 2.75) is 32.6 Å². The SMILES string of the molecule is CCCCOc1ccccc1NC(=O)CCc1ccc(N)cc1. The molecule has 0 saturated carbocycles. The lowest BCUT2D eigenvalue weighted by atomic mass is 10.1. The highest BCUT2D eigenvalue weighted by atomic mass is 16.5. The first kappa shape index (κ1) is 16.9. The van der Waals surface area contributed by atoms with Gasteiger partial charge in [-0.1, -0.05) is 37.6 Å². The lowest BCUT2D eigenvalue weighted by Crippen LogP contribution is -2.13. The number of ether oxygens (including phenoxy) is 1. The highest BCUT2D eigenvalue weighted by Gasteiger charge is 2.08. The molecule has 4 heteroatoms. The van der Waals surface area contributed by atoms with Crippen molar-refractivity contribution in [1.29, 1.82) is 0 Å². The van der Waals surface area contributed by atoms with Crippen molar-refractivity contribution in [1.82, 2.24) is 0 Å². The van der Waals surface area contributed by atoms with E-state index in [-0.39, 0.29) is 5.91 Å². The molecule has 2 aromatic carbocycles. The van der Waals surface area contributed by atoms with E-state index in [1.54, 1.807) is 0 Å². The second-order valence-electron chi connectivity index (χ2n) is 5.49. The van der Waals surface area contributed by atoms with Gasteiger partial charge in [-0.05, 0) is 42.7 Å². The van der Waals surface area contributed by atoms with Gasteiger partial charge in [0.05, 0.1) is 12.3 Å².